The van der Waals surface area contributed by atoms with Gasteiger partial charge in [-0.15, -0.1) is 0 Å². The van der Waals surface area contributed by atoms with Crippen molar-refractivity contribution in [2.45, 2.75) is 13.3 Å². The van der Waals surface area contributed by atoms with Gasteiger partial charge in [0.05, 0.1) is 5.56 Å². The van der Waals surface area contributed by atoms with Crippen LogP contribution in [-0.4, -0.2) is 10.8 Å². The van der Waals surface area contributed by atoms with Crippen molar-refractivity contribution >= 4 is 5.78 Å². The first-order chi connectivity index (χ1) is 8.63. The van der Waals surface area contributed by atoms with E-state index >= 15 is 0 Å². The summed E-state index contributed by atoms with van der Waals surface area (Å²) in [5.41, 5.74) is 0.577. The van der Waals surface area contributed by atoms with Gasteiger partial charge in [0.15, 0.2) is 5.78 Å². The lowest BCUT2D eigenvalue weighted by Gasteiger charge is -2.06. The van der Waals surface area contributed by atoms with Crippen LogP contribution in [0.1, 0.15) is 23.7 Å². The zero-order valence-electron chi connectivity index (χ0n) is 9.78. The average molecular weight is 247 g/mol. The summed E-state index contributed by atoms with van der Waals surface area (Å²) in [7, 11) is 0. The fraction of sp³-hybridized carbons (Fsp3) is 0.143. The summed E-state index contributed by atoms with van der Waals surface area (Å²) in [5, 5.41) is 0. The van der Waals surface area contributed by atoms with Gasteiger partial charge >= 0.3 is 0 Å². The topological polar surface area (TPSA) is 30.0 Å². The first-order valence-corrected chi connectivity index (χ1v) is 5.56. The van der Waals surface area contributed by atoms with Crippen LogP contribution in [0.4, 0.5) is 8.78 Å². The predicted octanol–water partition coefficient (Wildman–Crippen LogP) is 3.62. The minimum atomic E-state index is -0.825. The summed E-state index contributed by atoms with van der Waals surface area (Å²) in [6.07, 6.45) is 3.15. The fourth-order valence-electron chi connectivity index (χ4n) is 1.73. The van der Waals surface area contributed by atoms with Gasteiger partial charge in [-0.25, -0.2) is 8.78 Å². The minimum absolute atomic E-state index is 0.0719. The number of benzene rings is 1. The second-order valence-electron chi connectivity index (χ2n) is 3.83. The number of nitrogens with zero attached hydrogens (tertiary/aromatic N) is 1. The highest BCUT2D eigenvalue weighted by Crippen LogP contribution is 2.24. The van der Waals surface area contributed by atoms with E-state index in [1.165, 1.54) is 24.5 Å². The maximum Gasteiger partial charge on any atom is 0.168 e. The maximum atomic E-state index is 13.8. The van der Waals surface area contributed by atoms with Gasteiger partial charge in [0.1, 0.15) is 11.6 Å². The van der Waals surface area contributed by atoms with E-state index in [0.29, 0.717) is 11.1 Å². The van der Waals surface area contributed by atoms with Gasteiger partial charge in [0, 0.05) is 18.8 Å². The molecule has 0 aliphatic heterocycles. The van der Waals surface area contributed by atoms with Crippen LogP contribution < -0.4 is 0 Å². The number of pyridine rings is 1. The summed E-state index contributed by atoms with van der Waals surface area (Å²) in [6, 6.07) is 5.63. The Kier molecular flexibility index (Phi) is 3.46. The second kappa shape index (κ2) is 5.04. The van der Waals surface area contributed by atoms with E-state index in [4.69, 9.17) is 0 Å². The van der Waals surface area contributed by atoms with Crippen molar-refractivity contribution in [3.8, 4) is 11.1 Å². The number of carbonyl (C=O) groups is 1. The lowest BCUT2D eigenvalue weighted by atomic mass is 10.0. The maximum absolute atomic E-state index is 13.8. The van der Waals surface area contributed by atoms with Gasteiger partial charge in [-0.1, -0.05) is 6.92 Å². The van der Waals surface area contributed by atoms with Gasteiger partial charge < -0.3 is 0 Å². The zero-order valence-corrected chi connectivity index (χ0v) is 9.78. The molecule has 1 aromatic heterocycles. The van der Waals surface area contributed by atoms with E-state index in [-0.39, 0.29) is 6.42 Å². The van der Waals surface area contributed by atoms with Gasteiger partial charge in [0.25, 0.3) is 0 Å². The van der Waals surface area contributed by atoms with Gasteiger partial charge in [-0.2, -0.15) is 0 Å². The molecule has 18 heavy (non-hydrogen) atoms. The van der Waals surface area contributed by atoms with E-state index in [0.717, 1.165) is 0 Å². The molecule has 0 aliphatic carbocycles. The van der Waals surface area contributed by atoms with Crippen molar-refractivity contribution in [1.82, 2.24) is 4.98 Å². The van der Waals surface area contributed by atoms with Gasteiger partial charge in [-0.3, -0.25) is 9.78 Å². The molecule has 0 unspecified atom stereocenters. The molecule has 0 saturated heterocycles. The Morgan fingerprint density at radius 2 is 1.67 bits per heavy atom. The number of rotatable bonds is 3. The number of halogens is 2. The summed E-state index contributed by atoms with van der Waals surface area (Å²) >= 11 is 0. The number of Topliss-reactive ketones (excluding diaryl/α,β-unsaturated/α-hetero) is 1. The molecule has 0 aliphatic rings. The first-order valence-electron chi connectivity index (χ1n) is 5.56. The summed E-state index contributed by atoms with van der Waals surface area (Å²) in [6.45, 7) is 1.57. The number of hydrogen-bond donors (Lipinski definition) is 0. The van der Waals surface area contributed by atoms with Crippen LogP contribution in [0.5, 0.6) is 0 Å². The first kappa shape index (κ1) is 12.4. The molecule has 2 nitrogen and oxygen atoms in total. The average Bonchev–Trinajstić information content (AvgIpc) is 2.38. The van der Waals surface area contributed by atoms with Crippen LogP contribution in [-0.2, 0) is 0 Å². The Morgan fingerprint density at radius 3 is 2.17 bits per heavy atom. The van der Waals surface area contributed by atoms with Crippen LogP contribution in [0.15, 0.2) is 36.7 Å². The molecule has 0 N–H and O–H groups in total. The van der Waals surface area contributed by atoms with E-state index in [1.54, 1.807) is 19.1 Å². The summed E-state index contributed by atoms with van der Waals surface area (Å²) < 4.78 is 27.5. The van der Waals surface area contributed by atoms with Crippen molar-refractivity contribution in [1.29, 1.82) is 0 Å². The van der Waals surface area contributed by atoms with Crippen LogP contribution in [0.2, 0.25) is 0 Å². The Balaban J connectivity index is 2.53. The van der Waals surface area contributed by atoms with E-state index in [2.05, 4.69) is 4.98 Å². The molecule has 1 aromatic carbocycles. The van der Waals surface area contributed by atoms with Crippen molar-refractivity contribution < 1.29 is 13.6 Å². The molecule has 2 aromatic rings. The Hall–Kier alpha value is -2.10. The third-order valence-electron chi connectivity index (χ3n) is 2.66. The highest BCUT2D eigenvalue weighted by Gasteiger charge is 2.17. The van der Waals surface area contributed by atoms with Crippen LogP contribution in [0.25, 0.3) is 11.1 Å². The number of aromatic nitrogens is 1. The van der Waals surface area contributed by atoms with E-state index in [1.807, 2.05) is 0 Å². The normalized spacial score (nSPS) is 10.4. The van der Waals surface area contributed by atoms with Crippen molar-refractivity contribution in [2.24, 2.45) is 0 Å². The van der Waals surface area contributed by atoms with Crippen LogP contribution in [0.3, 0.4) is 0 Å². The third kappa shape index (κ3) is 2.27. The van der Waals surface area contributed by atoms with Crippen molar-refractivity contribution in [3.05, 3.63) is 53.9 Å². The largest absolute Gasteiger partial charge is 0.294 e. The minimum Gasteiger partial charge on any atom is -0.294 e. The van der Waals surface area contributed by atoms with Crippen LogP contribution >= 0.6 is 0 Å². The predicted molar refractivity (Wildman–Crippen MR) is 64.2 cm³/mol. The monoisotopic (exact) mass is 247 g/mol. The third-order valence-corrected chi connectivity index (χ3v) is 2.66. The lowest BCUT2D eigenvalue weighted by molar-refractivity contribution is 0.0980. The van der Waals surface area contributed by atoms with Gasteiger partial charge in [-0.05, 0) is 35.4 Å². The fourth-order valence-corrected chi connectivity index (χ4v) is 1.73. The second-order valence-corrected chi connectivity index (χ2v) is 3.83. The highest BCUT2D eigenvalue weighted by molar-refractivity contribution is 5.96. The summed E-state index contributed by atoms with van der Waals surface area (Å²) in [4.78, 5) is 15.2. The van der Waals surface area contributed by atoms with Crippen molar-refractivity contribution in [3.63, 3.8) is 0 Å². The Bertz CT molecular complexity index is 559. The molecule has 0 spiro atoms. The van der Waals surface area contributed by atoms with Crippen molar-refractivity contribution in [2.75, 3.05) is 0 Å². The molecule has 0 amide bonds. The number of hydrogen-bond acceptors (Lipinski definition) is 2. The van der Waals surface area contributed by atoms with E-state index in [9.17, 15) is 13.6 Å². The summed E-state index contributed by atoms with van der Waals surface area (Å²) in [5.74, 6) is -2.19. The molecule has 1 heterocycles. The molecular formula is C14H11F2NO. The molecule has 0 fully saturated rings. The Morgan fingerprint density at radius 1 is 1.11 bits per heavy atom. The highest BCUT2D eigenvalue weighted by atomic mass is 19.1. The molecule has 0 bridgehead atoms. The molecule has 92 valence electrons. The molecule has 0 radical (unpaired) electrons. The van der Waals surface area contributed by atoms with E-state index < -0.39 is 23.0 Å². The SMILES string of the molecule is CCC(=O)c1c(F)cc(-c2ccncc2)cc1F. The standard InChI is InChI=1S/C14H11F2NO/c1-2-13(18)14-11(15)7-10(8-12(14)16)9-3-5-17-6-4-9/h3-8H,2H2,1H3. The van der Waals surface area contributed by atoms with Gasteiger partial charge in [0.2, 0.25) is 0 Å². The molecule has 0 saturated carbocycles. The molecular weight excluding hydrogens is 236 g/mol. The Labute approximate surface area is 103 Å². The zero-order chi connectivity index (χ0) is 13.1. The van der Waals surface area contributed by atoms with Crippen LogP contribution in [0, 0.1) is 11.6 Å². The molecule has 2 rings (SSSR count). The lowest BCUT2D eigenvalue weighted by Crippen LogP contribution is -2.05. The molecule has 4 heteroatoms. The molecule has 0 atom stereocenters. The quantitative estimate of drug-likeness (QED) is 0.775. The number of ketones is 1. The smallest absolute Gasteiger partial charge is 0.168 e. The number of carbonyl (C=O) groups excluding carboxylic acids is 1.